The zero-order valence-electron chi connectivity index (χ0n) is 17.5. The van der Waals surface area contributed by atoms with Crippen LogP contribution in [0.3, 0.4) is 0 Å². The molecule has 0 amide bonds. The minimum Gasteiger partial charge on any atom is -0.489 e. The molecule has 0 fully saturated rings. The first-order chi connectivity index (χ1) is 15.3. The van der Waals surface area contributed by atoms with Gasteiger partial charge in [0.05, 0.1) is 15.6 Å². The molecule has 8 heteroatoms. The molecule has 0 aliphatic carbocycles. The van der Waals surface area contributed by atoms with Crippen molar-refractivity contribution in [3.63, 3.8) is 0 Å². The molecule has 3 aromatic carbocycles. The van der Waals surface area contributed by atoms with Gasteiger partial charge in [0.25, 0.3) is 10.0 Å². The molecule has 0 bridgehead atoms. The summed E-state index contributed by atoms with van der Waals surface area (Å²) in [6.45, 7) is 1.78. The lowest BCUT2D eigenvalue weighted by molar-refractivity contribution is 0.227. The number of aliphatic hydroxyl groups excluding tert-OH is 1. The average molecular weight is 476 g/mol. The highest BCUT2D eigenvalue weighted by molar-refractivity contribution is 7.92. The average Bonchev–Trinajstić information content (AvgIpc) is 2.78. The number of hydrogen-bond acceptors (Lipinski definition) is 4. The van der Waals surface area contributed by atoms with Crippen LogP contribution in [0.5, 0.6) is 5.75 Å². The van der Waals surface area contributed by atoms with Gasteiger partial charge < -0.3 is 9.84 Å². The summed E-state index contributed by atoms with van der Waals surface area (Å²) in [5.74, 6) is -0.286. The fraction of sp³-hybridized carbons (Fsp3) is 0.250. The topological polar surface area (TPSA) is 66.8 Å². The molecule has 1 heterocycles. The summed E-state index contributed by atoms with van der Waals surface area (Å²) in [5.41, 5.74) is 2.36. The number of hydrogen-bond donors (Lipinski definition) is 1. The van der Waals surface area contributed by atoms with Crippen molar-refractivity contribution in [1.29, 1.82) is 0 Å². The van der Waals surface area contributed by atoms with Crippen LogP contribution in [0.15, 0.2) is 65.6 Å². The zero-order chi connectivity index (χ0) is 22.9. The summed E-state index contributed by atoms with van der Waals surface area (Å²) in [7, 11) is -3.85. The lowest BCUT2D eigenvalue weighted by Gasteiger charge is -2.35. The molecule has 0 spiro atoms. The number of ether oxygens (including phenoxy) is 1. The van der Waals surface area contributed by atoms with E-state index in [4.69, 9.17) is 16.3 Å². The Labute approximate surface area is 192 Å². The summed E-state index contributed by atoms with van der Waals surface area (Å²) >= 11 is 6.08. The molecule has 1 unspecified atom stereocenters. The van der Waals surface area contributed by atoms with Crippen LogP contribution in [0, 0.1) is 18.7 Å². The highest BCUT2D eigenvalue weighted by Gasteiger charge is 2.33. The van der Waals surface area contributed by atoms with Crippen molar-refractivity contribution in [2.75, 3.05) is 17.5 Å². The number of fused-ring (bicyclic) bond motifs is 1. The number of aryl methyl sites for hydroxylation is 1. The van der Waals surface area contributed by atoms with Gasteiger partial charge in [-0.1, -0.05) is 35.9 Å². The highest BCUT2D eigenvalue weighted by Crippen LogP contribution is 2.37. The summed E-state index contributed by atoms with van der Waals surface area (Å²) in [4.78, 5) is 0.187. The van der Waals surface area contributed by atoms with Gasteiger partial charge in [-0.3, -0.25) is 4.31 Å². The van der Waals surface area contributed by atoms with Crippen LogP contribution in [-0.4, -0.2) is 26.7 Å². The van der Waals surface area contributed by atoms with Crippen LogP contribution in [0.25, 0.3) is 0 Å². The Morgan fingerprint density at radius 3 is 2.66 bits per heavy atom. The number of rotatable bonds is 6. The van der Waals surface area contributed by atoms with Gasteiger partial charge in [0.2, 0.25) is 0 Å². The van der Waals surface area contributed by atoms with Gasteiger partial charge in [-0.2, -0.15) is 0 Å². The Bertz CT molecular complexity index is 1230. The number of nitrogens with zero attached hydrogens (tertiary/aromatic N) is 1. The van der Waals surface area contributed by atoms with Gasteiger partial charge in [-0.25, -0.2) is 12.8 Å². The van der Waals surface area contributed by atoms with Crippen LogP contribution < -0.4 is 9.04 Å². The molecule has 1 aliphatic rings. The SMILES string of the molecule is Cc1cccc(S(=O)(=O)N2CC(CO)Cc3ccc(OCc4c(F)cccc4Cl)cc32)c1. The van der Waals surface area contributed by atoms with E-state index in [0.717, 1.165) is 11.1 Å². The Hall–Kier alpha value is -2.61. The van der Waals surface area contributed by atoms with Crippen molar-refractivity contribution in [3.05, 3.63) is 88.2 Å². The van der Waals surface area contributed by atoms with E-state index in [1.165, 1.54) is 16.4 Å². The molecule has 5 nitrogen and oxygen atoms in total. The van der Waals surface area contributed by atoms with Crippen LogP contribution in [0.4, 0.5) is 10.1 Å². The lowest BCUT2D eigenvalue weighted by atomic mass is 9.94. The van der Waals surface area contributed by atoms with Gasteiger partial charge in [-0.15, -0.1) is 0 Å². The van der Waals surface area contributed by atoms with Crippen LogP contribution >= 0.6 is 11.6 Å². The molecule has 0 saturated heterocycles. The summed E-state index contributed by atoms with van der Waals surface area (Å²) < 4.78 is 48.1. The maximum absolute atomic E-state index is 14.1. The smallest absolute Gasteiger partial charge is 0.264 e. The monoisotopic (exact) mass is 475 g/mol. The van der Waals surface area contributed by atoms with Crippen molar-refractivity contribution in [3.8, 4) is 5.75 Å². The molecule has 168 valence electrons. The van der Waals surface area contributed by atoms with Gasteiger partial charge in [0.1, 0.15) is 18.2 Å². The molecule has 0 radical (unpaired) electrons. The molecule has 0 saturated carbocycles. The molecular formula is C24H23ClFNO4S. The fourth-order valence-electron chi connectivity index (χ4n) is 3.83. The van der Waals surface area contributed by atoms with Crippen molar-refractivity contribution < 1.29 is 22.7 Å². The maximum Gasteiger partial charge on any atom is 0.264 e. The van der Waals surface area contributed by atoms with E-state index in [0.29, 0.717) is 17.9 Å². The first-order valence-corrected chi connectivity index (χ1v) is 12.0. The van der Waals surface area contributed by atoms with Crippen molar-refractivity contribution >= 4 is 27.3 Å². The highest BCUT2D eigenvalue weighted by atomic mass is 35.5. The van der Waals surface area contributed by atoms with Crippen LogP contribution in [0.2, 0.25) is 5.02 Å². The van der Waals surface area contributed by atoms with E-state index in [9.17, 15) is 17.9 Å². The third-order valence-corrected chi connectivity index (χ3v) is 7.67. The number of sulfonamides is 1. The van der Waals surface area contributed by atoms with E-state index in [-0.39, 0.29) is 41.2 Å². The normalized spacial score (nSPS) is 16.0. The summed E-state index contributed by atoms with van der Waals surface area (Å²) in [6, 6.07) is 16.3. The predicted molar refractivity (Wildman–Crippen MR) is 122 cm³/mol. The van der Waals surface area contributed by atoms with Crippen molar-refractivity contribution in [2.45, 2.75) is 24.8 Å². The van der Waals surface area contributed by atoms with E-state index in [1.54, 1.807) is 42.5 Å². The van der Waals surface area contributed by atoms with E-state index in [1.807, 2.05) is 13.0 Å². The summed E-state index contributed by atoms with van der Waals surface area (Å²) in [6.07, 6.45) is 0.547. The maximum atomic E-state index is 14.1. The zero-order valence-corrected chi connectivity index (χ0v) is 19.0. The number of anilines is 1. The second kappa shape index (κ2) is 9.10. The summed E-state index contributed by atoms with van der Waals surface area (Å²) in [5, 5.41) is 10.00. The van der Waals surface area contributed by atoms with Crippen LogP contribution in [-0.2, 0) is 23.1 Å². The Morgan fingerprint density at radius 2 is 1.94 bits per heavy atom. The Balaban J connectivity index is 1.69. The first kappa shape index (κ1) is 22.6. The Morgan fingerprint density at radius 1 is 1.16 bits per heavy atom. The first-order valence-electron chi connectivity index (χ1n) is 10.2. The largest absolute Gasteiger partial charge is 0.489 e. The molecular weight excluding hydrogens is 453 g/mol. The third-order valence-electron chi connectivity index (χ3n) is 5.54. The number of aliphatic hydroxyl groups is 1. The predicted octanol–water partition coefficient (Wildman–Crippen LogP) is 4.73. The van der Waals surface area contributed by atoms with Gasteiger partial charge in [0, 0.05) is 30.7 Å². The van der Waals surface area contributed by atoms with Crippen LogP contribution in [0.1, 0.15) is 16.7 Å². The number of benzene rings is 3. The Kier molecular flexibility index (Phi) is 6.42. The minimum atomic E-state index is -3.85. The molecule has 1 aliphatic heterocycles. The van der Waals surface area contributed by atoms with Gasteiger partial charge in [-0.05, 0) is 54.8 Å². The molecule has 32 heavy (non-hydrogen) atoms. The second-order valence-electron chi connectivity index (χ2n) is 7.88. The van der Waals surface area contributed by atoms with Crippen molar-refractivity contribution in [2.24, 2.45) is 5.92 Å². The minimum absolute atomic E-state index is 0.0891. The lowest BCUT2D eigenvalue weighted by Crippen LogP contribution is -2.41. The van der Waals surface area contributed by atoms with Gasteiger partial charge in [0.15, 0.2) is 0 Å². The molecule has 1 N–H and O–H groups in total. The molecule has 1 atom stereocenters. The van der Waals surface area contributed by atoms with E-state index in [2.05, 4.69) is 0 Å². The quantitative estimate of drug-likeness (QED) is 0.560. The fourth-order valence-corrected chi connectivity index (χ4v) is 5.72. The van der Waals surface area contributed by atoms with Gasteiger partial charge >= 0.3 is 0 Å². The van der Waals surface area contributed by atoms with E-state index >= 15 is 0 Å². The standard InChI is InChI=1S/C24H23ClFNO4S/c1-16-4-2-5-20(10-16)32(29,30)27-13-17(14-28)11-18-8-9-19(12-24(18)27)31-15-21-22(25)6-3-7-23(21)26/h2-10,12,17,28H,11,13-15H2,1H3. The molecule has 4 rings (SSSR count). The second-order valence-corrected chi connectivity index (χ2v) is 10.2. The van der Waals surface area contributed by atoms with Crippen molar-refractivity contribution in [1.82, 2.24) is 0 Å². The molecule has 3 aromatic rings. The third kappa shape index (κ3) is 4.46. The number of halogens is 2. The van der Waals surface area contributed by atoms with E-state index < -0.39 is 15.8 Å². The molecule has 0 aromatic heterocycles.